The van der Waals surface area contributed by atoms with E-state index >= 15 is 0 Å². The second-order valence-corrected chi connectivity index (χ2v) is 5.22. The van der Waals surface area contributed by atoms with Crippen LogP contribution in [0.3, 0.4) is 0 Å². The third-order valence-electron chi connectivity index (χ3n) is 3.71. The molecule has 3 rings (SSSR count). The van der Waals surface area contributed by atoms with Gasteiger partial charge < -0.3 is 9.64 Å². The molecule has 106 valence electrons. The fourth-order valence-electron chi connectivity index (χ4n) is 2.71. The summed E-state index contributed by atoms with van der Waals surface area (Å²) in [6, 6.07) is 3.99. The van der Waals surface area contributed by atoms with Crippen LogP contribution in [-0.4, -0.2) is 31.8 Å². The molecule has 20 heavy (non-hydrogen) atoms. The normalized spacial score (nSPS) is 18.6. The molecule has 1 aliphatic rings. The number of nitrogens with zero attached hydrogens (tertiary/aromatic N) is 2. The Morgan fingerprint density at radius 1 is 1.40 bits per heavy atom. The lowest BCUT2D eigenvalue weighted by Crippen LogP contribution is -2.25. The zero-order valence-corrected chi connectivity index (χ0v) is 11.3. The average Bonchev–Trinajstić information content (AvgIpc) is 2.90. The minimum atomic E-state index is -0.626. The minimum Gasteiger partial charge on any atom is -0.381 e. The van der Waals surface area contributed by atoms with Crippen LogP contribution in [0.1, 0.15) is 6.42 Å². The van der Waals surface area contributed by atoms with E-state index in [1.807, 2.05) is 11.9 Å². The van der Waals surface area contributed by atoms with Crippen LogP contribution in [0, 0.1) is 17.6 Å². The molecule has 1 unspecified atom stereocenters. The molecular formula is C15H16F2N2O. The molecule has 3 nitrogen and oxygen atoms in total. The molecule has 1 aliphatic heterocycles. The highest BCUT2D eigenvalue weighted by atomic mass is 19.1. The van der Waals surface area contributed by atoms with Crippen LogP contribution in [-0.2, 0) is 4.74 Å². The van der Waals surface area contributed by atoms with Crippen LogP contribution in [0.5, 0.6) is 0 Å². The number of aromatic nitrogens is 1. The van der Waals surface area contributed by atoms with Gasteiger partial charge >= 0.3 is 0 Å². The van der Waals surface area contributed by atoms with E-state index in [4.69, 9.17) is 4.74 Å². The van der Waals surface area contributed by atoms with Crippen molar-refractivity contribution in [3.8, 4) is 0 Å². The number of hydrogen-bond donors (Lipinski definition) is 0. The smallest absolute Gasteiger partial charge is 0.152 e. The highest BCUT2D eigenvalue weighted by Crippen LogP contribution is 2.28. The first-order valence-electron chi connectivity index (χ1n) is 6.68. The summed E-state index contributed by atoms with van der Waals surface area (Å²) in [5.41, 5.74) is 0.999. The summed E-state index contributed by atoms with van der Waals surface area (Å²) in [6.45, 7) is 2.34. The Kier molecular flexibility index (Phi) is 3.53. The number of rotatable bonds is 3. The van der Waals surface area contributed by atoms with E-state index in [9.17, 15) is 8.78 Å². The second-order valence-electron chi connectivity index (χ2n) is 5.22. The molecule has 0 aliphatic carbocycles. The zero-order valence-electron chi connectivity index (χ0n) is 11.3. The summed E-state index contributed by atoms with van der Waals surface area (Å²) >= 11 is 0. The predicted octanol–water partition coefficient (Wildman–Crippen LogP) is 2.99. The van der Waals surface area contributed by atoms with Gasteiger partial charge in [0, 0.05) is 49.5 Å². The zero-order chi connectivity index (χ0) is 14.1. The molecule has 2 heterocycles. The van der Waals surface area contributed by atoms with Gasteiger partial charge in [0.1, 0.15) is 11.3 Å². The van der Waals surface area contributed by atoms with E-state index in [0.29, 0.717) is 11.3 Å². The van der Waals surface area contributed by atoms with Gasteiger partial charge in [0.25, 0.3) is 0 Å². The molecule has 5 heteroatoms. The average molecular weight is 278 g/mol. The van der Waals surface area contributed by atoms with E-state index < -0.39 is 11.6 Å². The summed E-state index contributed by atoms with van der Waals surface area (Å²) in [4.78, 5) is 6.02. The van der Waals surface area contributed by atoms with E-state index in [-0.39, 0.29) is 5.52 Å². The first-order chi connectivity index (χ1) is 9.65. The maximum atomic E-state index is 13.8. The van der Waals surface area contributed by atoms with Crippen LogP contribution in [0.15, 0.2) is 24.4 Å². The molecule has 1 aromatic heterocycles. The van der Waals surface area contributed by atoms with Gasteiger partial charge in [-0.2, -0.15) is 0 Å². The Morgan fingerprint density at radius 2 is 2.25 bits per heavy atom. The minimum absolute atomic E-state index is 0.207. The Morgan fingerprint density at radius 3 is 3.00 bits per heavy atom. The fourth-order valence-corrected chi connectivity index (χ4v) is 2.71. The van der Waals surface area contributed by atoms with Crippen LogP contribution in [0.4, 0.5) is 14.5 Å². The van der Waals surface area contributed by atoms with Gasteiger partial charge in [0.2, 0.25) is 0 Å². The summed E-state index contributed by atoms with van der Waals surface area (Å²) in [7, 11) is 1.93. The lowest BCUT2D eigenvalue weighted by atomic mass is 10.1. The predicted molar refractivity (Wildman–Crippen MR) is 73.9 cm³/mol. The maximum Gasteiger partial charge on any atom is 0.152 e. The molecule has 0 amide bonds. The third kappa shape index (κ3) is 2.45. The van der Waals surface area contributed by atoms with Crippen molar-refractivity contribution in [1.82, 2.24) is 4.98 Å². The van der Waals surface area contributed by atoms with Crippen molar-refractivity contribution in [2.24, 2.45) is 5.92 Å². The van der Waals surface area contributed by atoms with Crippen molar-refractivity contribution < 1.29 is 13.5 Å². The first kappa shape index (κ1) is 13.2. The third-order valence-corrected chi connectivity index (χ3v) is 3.71. The van der Waals surface area contributed by atoms with Crippen molar-refractivity contribution >= 4 is 16.6 Å². The van der Waals surface area contributed by atoms with Crippen molar-refractivity contribution in [2.45, 2.75) is 6.42 Å². The number of pyridine rings is 1. The largest absolute Gasteiger partial charge is 0.381 e. The Labute approximate surface area is 116 Å². The number of ether oxygens (including phenoxy) is 1. The lowest BCUT2D eigenvalue weighted by Gasteiger charge is -2.23. The van der Waals surface area contributed by atoms with Gasteiger partial charge in [-0.15, -0.1) is 0 Å². The topological polar surface area (TPSA) is 25.4 Å². The summed E-state index contributed by atoms with van der Waals surface area (Å²) < 4.78 is 32.6. The molecule has 1 atom stereocenters. The van der Waals surface area contributed by atoms with Crippen LogP contribution >= 0.6 is 0 Å². The number of halogens is 2. The van der Waals surface area contributed by atoms with Gasteiger partial charge in [-0.3, -0.25) is 4.98 Å². The van der Waals surface area contributed by atoms with E-state index in [0.717, 1.165) is 37.9 Å². The molecule has 0 radical (unpaired) electrons. The van der Waals surface area contributed by atoms with E-state index in [1.165, 1.54) is 6.07 Å². The molecule has 1 fully saturated rings. The van der Waals surface area contributed by atoms with Crippen molar-refractivity contribution in [2.75, 3.05) is 31.7 Å². The molecule has 0 bridgehead atoms. The van der Waals surface area contributed by atoms with Crippen LogP contribution in [0.25, 0.3) is 10.9 Å². The second kappa shape index (κ2) is 5.32. The molecular weight excluding hydrogens is 262 g/mol. The molecule has 2 aromatic rings. The number of fused-ring (bicyclic) bond motifs is 1. The first-order valence-corrected chi connectivity index (χ1v) is 6.68. The highest BCUT2D eigenvalue weighted by molar-refractivity contribution is 5.91. The van der Waals surface area contributed by atoms with Crippen molar-refractivity contribution in [3.05, 3.63) is 36.0 Å². The summed E-state index contributed by atoms with van der Waals surface area (Å²) in [5, 5.41) is 0.506. The lowest BCUT2D eigenvalue weighted by molar-refractivity contribution is 0.186. The Bertz CT molecular complexity index is 627. The maximum absolute atomic E-state index is 13.8. The van der Waals surface area contributed by atoms with Crippen molar-refractivity contribution in [1.29, 1.82) is 0 Å². The summed E-state index contributed by atoms with van der Waals surface area (Å²) in [6.07, 6.45) is 2.58. The fraction of sp³-hybridized carbons (Fsp3) is 0.400. The van der Waals surface area contributed by atoms with Gasteiger partial charge in [-0.25, -0.2) is 8.78 Å². The number of benzene rings is 1. The molecule has 1 aromatic carbocycles. The van der Waals surface area contributed by atoms with Gasteiger partial charge in [0.05, 0.1) is 6.61 Å². The van der Waals surface area contributed by atoms with Crippen LogP contribution < -0.4 is 4.90 Å². The number of hydrogen-bond acceptors (Lipinski definition) is 3. The van der Waals surface area contributed by atoms with Gasteiger partial charge in [0.15, 0.2) is 5.82 Å². The van der Waals surface area contributed by atoms with E-state index in [1.54, 1.807) is 12.3 Å². The quantitative estimate of drug-likeness (QED) is 0.863. The van der Waals surface area contributed by atoms with E-state index in [2.05, 4.69) is 4.98 Å². The number of anilines is 1. The van der Waals surface area contributed by atoms with Crippen molar-refractivity contribution in [3.63, 3.8) is 0 Å². The highest BCUT2D eigenvalue weighted by Gasteiger charge is 2.19. The monoisotopic (exact) mass is 278 g/mol. The molecule has 1 saturated heterocycles. The van der Waals surface area contributed by atoms with Crippen LogP contribution in [0.2, 0.25) is 0 Å². The Hall–Kier alpha value is -1.75. The van der Waals surface area contributed by atoms with Gasteiger partial charge in [-0.1, -0.05) is 0 Å². The summed E-state index contributed by atoms with van der Waals surface area (Å²) in [5.74, 6) is -0.747. The Balaban J connectivity index is 1.97. The molecule has 0 spiro atoms. The SMILES string of the molecule is CN(CC1CCOC1)c1ccnc2c(F)cc(F)cc12. The standard InChI is InChI=1S/C15H16F2N2O/c1-19(8-10-3-5-20-9-10)14-2-4-18-15-12(14)6-11(16)7-13(15)17/h2,4,6-7,10H,3,5,8-9H2,1H3. The van der Waals surface area contributed by atoms with Gasteiger partial charge in [-0.05, 0) is 18.6 Å². The molecule has 0 N–H and O–H groups in total. The molecule has 0 saturated carbocycles.